The van der Waals surface area contributed by atoms with E-state index in [2.05, 4.69) is 87.7 Å². The number of rotatable bonds is 8. The summed E-state index contributed by atoms with van der Waals surface area (Å²) in [7, 11) is -3.44. The largest absolute Gasteiger partial charge is 0.417 e. The fourth-order valence-electron chi connectivity index (χ4n) is 8.70. The monoisotopic (exact) mass is 588 g/mol. The predicted octanol–water partition coefficient (Wildman–Crippen LogP) is 10.3. The van der Waals surface area contributed by atoms with Gasteiger partial charge >= 0.3 is 0 Å². The van der Waals surface area contributed by atoms with Gasteiger partial charge < -0.3 is 8.85 Å². The van der Waals surface area contributed by atoms with Gasteiger partial charge in [0, 0.05) is 24.5 Å². The zero-order valence-corrected chi connectivity index (χ0v) is 30.5. The van der Waals surface area contributed by atoms with Crippen molar-refractivity contribution in [1.29, 1.82) is 0 Å². The maximum atomic E-state index is 13.5. The Hall–Kier alpha value is -0.236. The first-order valence-corrected chi connectivity index (χ1v) is 22.6. The first kappa shape index (κ1) is 32.7. The predicted molar refractivity (Wildman–Crippen MR) is 175 cm³/mol. The highest BCUT2D eigenvalue weighted by Gasteiger charge is 2.61. The average molecular weight is 589 g/mol. The van der Waals surface area contributed by atoms with Crippen LogP contribution in [0.4, 0.5) is 0 Å². The van der Waals surface area contributed by atoms with Crippen LogP contribution in [0.25, 0.3) is 0 Å². The molecule has 0 aromatic carbocycles. The van der Waals surface area contributed by atoms with Crippen molar-refractivity contribution >= 4 is 22.4 Å². The Bertz CT molecular complexity index is 970. The molecule has 3 fully saturated rings. The second-order valence-corrected chi connectivity index (χ2v) is 27.4. The lowest BCUT2D eigenvalue weighted by atomic mass is 9.47. The molecule has 3 saturated carbocycles. The number of allylic oxidation sites excluding steroid dienone is 1. The van der Waals surface area contributed by atoms with Crippen LogP contribution in [0.5, 0.6) is 0 Å². The van der Waals surface area contributed by atoms with Crippen LogP contribution in [-0.4, -0.2) is 35.1 Å². The van der Waals surface area contributed by atoms with Gasteiger partial charge in [-0.05, 0) is 117 Å². The normalized spacial score (nSPS) is 37.0. The van der Waals surface area contributed by atoms with Crippen LogP contribution in [-0.2, 0) is 13.6 Å². The molecule has 4 aliphatic rings. The van der Waals surface area contributed by atoms with Crippen LogP contribution in [0.2, 0.25) is 36.3 Å². The molecule has 0 aromatic rings. The van der Waals surface area contributed by atoms with E-state index < -0.39 is 16.6 Å². The van der Waals surface area contributed by atoms with Gasteiger partial charge in [0.05, 0.1) is 0 Å². The highest BCUT2D eigenvalue weighted by Crippen LogP contribution is 2.66. The van der Waals surface area contributed by atoms with Crippen molar-refractivity contribution in [2.24, 2.45) is 34.5 Å². The molecule has 0 saturated heterocycles. The maximum Gasteiger partial charge on any atom is 0.192 e. The minimum absolute atomic E-state index is 0.0895. The van der Waals surface area contributed by atoms with Crippen LogP contribution >= 0.6 is 0 Å². The molecule has 7 atom stereocenters. The second-order valence-electron chi connectivity index (χ2n) is 17.9. The van der Waals surface area contributed by atoms with E-state index in [-0.39, 0.29) is 15.5 Å². The molecule has 0 unspecified atom stereocenters. The Kier molecular flexibility index (Phi) is 9.02. The number of hydrogen-bond acceptors (Lipinski definition) is 3. The molecule has 230 valence electrons. The lowest BCUT2D eigenvalue weighted by molar-refractivity contribution is -0.132. The molecule has 0 amide bonds. The molecule has 0 aliphatic heterocycles. The highest BCUT2D eigenvalue weighted by atomic mass is 28.4. The van der Waals surface area contributed by atoms with E-state index in [1.165, 1.54) is 38.5 Å². The molecule has 0 aromatic heterocycles. The number of ketones is 1. The van der Waals surface area contributed by atoms with Crippen LogP contribution in [0.15, 0.2) is 11.6 Å². The van der Waals surface area contributed by atoms with Gasteiger partial charge in [0.2, 0.25) is 0 Å². The van der Waals surface area contributed by atoms with E-state index >= 15 is 0 Å². The number of carbonyl (C=O) groups is 1. The topological polar surface area (TPSA) is 35.5 Å². The molecule has 0 radical (unpaired) electrons. The Morgan fingerprint density at radius 1 is 0.875 bits per heavy atom. The molecule has 4 aliphatic carbocycles. The van der Waals surface area contributed by atoms with Crippen LogP contribution in [0, 0.1) is 34.5 Å². The number of carbonyl (C=O) groups excluding carboxylic acids is 1. The van der Waals surface area contributed by atoms with Gasteiger partial charge in [-0.1, -0.05) is 73.5 Å². The number of Topliss-reactive ketones (excluding diaryl/α,β-unsaturated/α-hetero) is 1. The summed E-state index contributed by atoms with van der Waals surface area (Å²) in [4.78, 5) is 13.5. The van der Waals surface area contributed by atoms with Crippen LogP contribution in [0.1, 0.15) is 120 Å². The smallest absolute Gasteiger partial charge is 0.192 e. The Morgan fingerprint density at radius 3 is 2.12 bits per heavy atom. The first-order valence-electron chi connectivity index (χ1n) is 16.8. The van der Waals surface area contributed by atoms with Gasteiger partial charge in [-0.3, -0.25) is 4.79 Å². The summed E-state index contributed by atoms with van der Waals surface area (Å²) in [6.45, 7) is 29.4. The molecule has 0 bridgehead atoms. The Morgan fingerprint density at radius 2 is 1.50 bits per heavy atom. The van der Waals surface area contributed by atoms with Crippen molar-refractivity contribution in [3.8, 4) is 0 Å². The van der Waals surface area contributed by atoms with Gasteiger partial charge in [0.15, 0.2) is 16.6 Å². The molecule has 5 heteroatoms. The average Bonchev–Trinajstić information content (AvgIpc) is 3.07. The maximum absolute atomic E-state index is 13.5. The van der Waals surface area contributed by atoms with Gasteiger partial charge in [-0.15, -0.1) is 0 Å². The molecular weight excluding hydrogens is 525 g/mol. The summed E-state index contributed by atoms with van der Waals surface area (Å²) in [6.07, 6.45) is 14.5. The molecule has 4 rings (SSSR count). The third kappa shape index (κ3) is 5.93. The summed E-state index contributed by atoms with van der Waals surface area (Å²) in [5, 5.41) is 0.526. The Labute approximate surface area is 250 Å². The van der Waals surface area contributed by atoms with Crippen molar-refractivity contribution in [2.75, 3.05) is 6.61 Å². The van der Waals surface area contributed by atoms with Crippen LogP contribution < -0.4 is 0 Å². The van der Waals surface area contributed by atoms with Crippen molar-refractivity contribution < 1.29 is 13.6 Å². The number of hydrogen-bond donors (Lipinski definition) is 0. The van der Waals surface area contributed by atoms with Crippen molar-refractivity contribution in [3.63, 3.8) is 0 Å². The number of fused-ring (bicyclic) bond motifs is 5. The standard InChI is InChI=1S/C35H64O3Si2/c1-32(2,3)39(9,10)37-22-14-13-15-25-23-30(36)35(8)21-19-29-28(31(25)35)17-16-26-24-27(18-20-34(26,29)7)38-40(11,12)33(4,5)6/h16,25,27-29,31H,13-15,17-24H2,1-12H3/t25-,27+,28-,29+,31+,34+,35-/m1/s1. The summed E-state index contributed by atoms with van der Waals surface area (Å²) in [5.74, 6) is 3.11. The third-order valence-corrected chi connectivity index (χ3v) is 22.5. The molecule has 0 heterocycles. The van der Waals surface area contributed by atoms with E-state index in [1.54, 1.807) is 5.57 Å². The molecular formula is C35H64O3Si2. The summed E-state index contributed by atoms with van der Waals surface area (Å²) in [6, 6.07) is 0. The van der Waals surface area contributed by atoms with Crippen molar-refractivity contribution in [1.82, 2.24) is 0 Å². The fourth-order valence-corrected chi connectivity index (χ4v) is 11.2. The summed E-state index contributed by atoms with van der Waals surface area (Å²) in [5.41, 5.74) is 1.90. The first-order chi connectivity index (χ1) is 18.2. The van der Waals surface area contributed by atoms with Crippen LogP contribution in [0.3, 0.4) is 0 Å². The van der Waals surface area contributed by atoms with Crippen molar-refractivity contribution in [2.45, 2.75) is 162 Å². The quantitative estimate of drug-likeness (QED) is 0.161. The van der Waals surface area contributed by atoms with E-state index in [0.717, 1.165) is 38.2 Å². The molecule has 40 heavy (non-hydrogen) atoms. The minimum Gasteiger partial charge on any atom is -0.417 e. The van der Waals surface area contributed by atoms with E-state index in [9.17, 15) is 4.79 Å². The zero-order chi connectivity index (χ0) is 29.9. The minimum atomic E-state index is -1.76. The van der Waals surface area contributed by atoms with Gasteiger partial charge in [0.1, 0.15) is 5.78 Å². The van der Waals surface area contributed by atoms with Gasteiger partial charge in [-0.2, -0.15) is 0 Å². The third-order valence-electron chi connectivity index (χ3n) is 13.4. The molecule has 0 spiro atoms. The summed E-state index contributed by atoms with van der Waals surface area (Å²) < 4.78 is 13.4. The van der Waals surface area contributed by atoms with E-state index in [0.29, 0.717) is 35.1 Å². The van der Waals surface area contributed by atoms with E-state index in [1.807, 2.05) is 0 Å². The van der Waals surface area contributed by atoms with E-state index in [4.69, 9.17) is 8.85 Å². The van der Waals surface area contributed by atoms with Crippen molar-refractivity contribution in [3.05, 3.63) is 11.6 Å². The zero-order valence-electron chi connectivity index (χ0n) is 28.5. The fraction of sp³-hybridized carbons (Fsp3) is 0.914. The highest BCUT2D eigenvalue weighted by molar-refractivity contribution is 6.74. The Balaban J connectivity index is 1.43. The molecule has 3 nitrogen and oxygen atoms in total. The lowest BCUT2D eigenvalue weighted by Crippen LogP contribution is -2.52. The molecule has 0 N–H and O–H groups in total. The van der Waals surface area contributed by atoms with Gasteiger partial charge in [0.25, 0.3) is 0 Å². The number of unbranched alkanes of at least 4 members (excludes halogenated alkanes) is 1. The lowest BCUT2D eigenvalue weighted by Gasteiger charge is -2.58. The summed E-state index contributed by atoms with van der Waals surface area (Å²) >= 11 is 0. The van der Waals surface area contributed by atoms with Gasteiger partial charge in [-0.25, -0.2) is 0 Å². The SMILES string of the molecule is CC(C)(C)[Si](C)(C)OCCCC[C@@H]1CC(=O)[C@@]2(C)CC[C@H]3[C@@H](CC=C4C[C@@H](O[Si](C)(C)C(C)(C)C)CC[C@@]43C)[C@H]12. The second kappa shape index (κ2) is 11.0.